The number of anilines is 1. The van der Waals surface area contributed by atoms with E-state index in [9.17, 15) is 0 Å². The van der Waals surface area contributed by atoms with E-state index in [0.29, 0.717) is 11.8 Å². The highest BCUT2D eigenvalue weighted by atomic mass is 15.0. The van der Waals surface area contributed by atoms with E-state index in [1.165, 1.54) is 23.2 Å². The Morgan fingerprint density at radius 2 is 2.05 bits per heavy atom. The fourth-order valence-electron chi connectivity index (χ4n) is 3.33. The van der Waals surface area contributed by atoms with Crippen LogP contribution in [0.4, 0.5) is 5.82 Å². The fraction of sp³-hybridized carbons (Fsp3) is 0.471. The van der Waals surface area contributed by atoms with Gasteiger partial charge in [0.05, 0.1) is 11.4 Å². The van der Waals surface area contributed by atoms with Crippen LogP contribution in [0, 0.1) is 0 Å². The summed E-state index contributed by atoms with van der Waals surface area (Å²) in [6, 6.07) is 4.23. The smallest absolute Gasteiger partial charge is 0.132 e. The van der Waals surface area contributed by atoms with Gasteiger partial charge in [0, 0.05) is 24.7 Å². The molecular formula is C17H22N4. The first-order chi connectivity index (χ1) is 10.2. The molecule has 21 heavy (non-hydrogen) atoms. The number of hydrogen-bond acceptors (Lipinski definition) is 4. The van der Waals surface area contributed by atoms with Gasteiger partial charge in [-0.05, 0) is 36.8 Å². The highest BCUT2D eigenvalue weighted by Crippen LogP contribution is 2.39. The molecule has 0 bridgehead atoms. The van der Waals surface area contributed by atoms with Crippen molar-refractivity contribution in [3.63, 3.8) is 0 Å². The number of pyridine rings is 1. The molecule has 0 aliphatic heterocycles. The molecule has 0 spiro atoms. The van der Waals surface area contributed by atoms with Crippen molar-refractivity contribution < 1.29 is 0 Å². The number of aromatic nitrogens is 3. The van der Waals surface area contributed by atoms with E-state index in [2.05, 4.69) is 40.2 Å². The SMILES string of the molecule is CNc1ncnc(C2CCCc3cccnc32)c1C(C)C. The van der Waals surface area contributed by atoms with E-state index in [4.69, 9.17) is 0 Å². The lowest BCUT2D eigenvalue weighted by Crippen LogP contribution is -2.17. The molecule has 0 saturated carbocycles. The molecule has 4 nitrogen and oxygen atoms in total. The third-order valence-electron chi connectivity index (χ3n) is 4.25. The van der Waals surface area contributed by atoms with Gasteiger partial charge in [-0.2, -0.15) is 0 Å². The van der Waals surface area contributed by atoms with E-state index in [1.54, 1.807) is 6.33 Å². The zero-order valence-corrected chi connectivity index (χ0v) is 12.9. The van der Waals surface area contributed by atoms with Crippen molar-refractivity contribution in [2.75, 3.05) is 12.4 Å². The van der Waals surface area contributed by atoms with Crippen LogP contribution in [-0.4, -0.2) is 22.0 Å². The van der Waals surface area contributed by atoms with Crippen molar-refractivity contribution >= 4 is 5.82 Å². The van der Waals surface area contributed by atoms with E-state index < -0.39 is 0 Å². The Morgan fingerprint density at radius 1 is 1.19 bits per heavy atom. The van der Waals surface area contributed by atoms with Gasteiger partial charge in [-0.1, -0.05) is 19.9 Å². The first-order valence-electron chi connectivity index (χ1n) is 7.68. The topological polar surface area (TPSA) is 50.7 Å². The minimum Gasteiger partial charge on any atom is -0.373 e. The van der Waals surface area contributed by atoms with Gasteiger partial charge in [0.2, 0.25) is 0 Å². The van der Waals surface area contributed by atoms with Crippen molar-refractivity contribution in [3.8, 4) is 0 Å². The monoisotopic (exact) mass is 282 g/mol. The molecule has 0 saturated heterocycles. The quantitative estimate of drug-likeness (QED) is 0.936. The lowest BCUT2D eigenvalue weighted by molar-refractivity contribution is 0.578. The Hall–Kier alpha value is -1.97. The van der Waals surface area contributed by atoms with E-state index in [0.717, 1.165) is 24.4 Å². The molecule has 2 aromatic rings. The van der Waals surface area contributed by atoms with Crippen molar-refractivity contribution in [2.24, 2.45) is 0 Å². The van der Waals surface area contributed by atoms with Crippen LogP contribution >= 0.6 is 0 Å². The van der Waals surface area contributed by atoms with Gasteiger partial charge in [-0.25, -0.2) is 9.97 Å². The summed E-state index contributed by atoms with van der Waals surface area (Å²) in [5.74, 6) is 1.62. The highest BCUT2D eigenvalue weighted by Gasteiger charge is 2.28. The predicted octanol–water partition coefficient (Wildman–Crippen LogP) is 3.50. The summed E-state index contributed by atoms with van der Waals surface area (Å²) in [7, 11) is 1.92. The molecule has 3 rings (SSSR count). The molecule has 1 aliphatic carbocycles. The Bertz CT molecular complexity index is 636. The van der Waals surface area contributed by atoms with Crippen molar-refractivity contribution in [1.29, 1.82) is 0 Å². The van der Waals surface area contributed by atoms with Crippen LogP contribution in [0.5, 0.6) is 0 Å². The summed E-state index contributed by atoms with van der Waals surface area (Å²) in [6.07, 6.45) is 7.00. The van der Waals surface area contributed by atoms with Gasteiger partial charge < -0.3 is 5.32 Å². The Labute approximate surface area is 126 Å². The minimum absolute atomic E-state index is 0.294. The Morgan fingerprint density at radius 3 is 2.81 bits per heavy atom. The first kappa shape index (κ1) is 14.0. The molecule has 0 radical (unpaired) electrons. The van der Waals surface area contributed by atoms with Crippen molar-refractivity contribution in [3.05, 3.63) is 47.2 Å². The van der Waals surface area contributed by atoms with Gasteiger partial charge in [-0.15, -0.1) is 0 Å². The van der Waals surface area contributed by atoms with Gasteiger partial charge in [0.15, 0.2) is 0 Å². The van der Waals surface area contributed by atoms with Crippen LogP contribution in [0.2, 0.25) is 0 Å². The number of hydrogen-bond donors (Lipinski definition) is 1. The lowest BCUT2D eigenvalue weighted by atomic mass is 9.81. The van der Waals surface area contributed by atoms with Crippen LogP contribution in [0.25, 0.3) is 0 Å². The third kappa shape index (κ3) is 2.50. The number of nitrogens with one attached hydrogen (secondary N) is 1. The molecule has 1 unspecified atom stereocenters. The Balaban J connectivity index is 2.14. The second-order valence-corrected chi connectivity index (χ2v) is 5.92. The average Bonchev–Trinajstić information content (AvgIpc) is 2.53. The maximum Gasteiger partial charge on any atom is 0.132 e. The molecule has 1 N–H and O–H groups in total. The third-order valence-corrected chi connectivity index (χ3v) is 4.25. The molecule has 2 heterocycles. The molecule has 0 amide bonds. The zero-order valence-electron chi connectivity index (χ0n) is 12.9. The van der Waals surface area contributed by atoms with E-state index in [1.807, 2.05) is 19.3 Å². The van der Waals surface area contributed by atoms with E-state index in [-0.39, 0.29) is 0 Å². The Kier molecular flexibility index (Phi) is 3.86. The number of nitrogens with zero attached hydrogens (tertiary/aromatic N) is 3. The molecule has 2 aromatic heterocycles. The average molecular weight is 282 g/mol. The highest BCUT2D eigenvalue weighted by molar-refractivity contribution is 5.50. The van der Waals surface area contributed by atoms with Crippen LogP contribution in [0.3, 0.4) is 0 Å². The van der Waals surface area contributed by atoms with Crippen LogP contribution in [0.15, 0.2) is 24.7 Å². The number of aryl methyl sites for hydroxylation is 1. The zero-order chi connectivity index (χ0) is 14.8. The normalized spacial score (nSPS) is 17.6. The molecule has 0 fully saturated rings. The molecule has 1 aliphatic rings. The molecule has 110 valence electrons. The van der Waals surface area contributed by atoms with Crippen LogP contribution in [-0.2, 0) is 6.42 Å². The summed E-state index contributed by atoms with van der Waals surface area (Å²) >= 11 is 0. The summed E-state index contributed by atoms with van der Waals surface area (Å²) in [6.45, 7) is 4.40. The summed E-state index contributed by atoms with van der Waals surface area (Å²) in [4.78, 5) is 13.7. The standard InChI is InChI=1S/C17H22N4/c1-11(2)14-16(20-10-21-17(14)18-3)13-8-4-6-12-7-5-9-19-15(12)13/h5,7,9-11,13H,4,6,8H2,1-3H3,(H,18,20,21). The van der Waals surface area contributed by atoms with Crippen molar-refractivity contribution in [1.82, 2.24) is 15.0 Å². The number of fused-ring (bicyclic) bond motifs is 1. The second kappa shape index (κ2) is 5.80. The summed E-state index contributed by atoms with van der Waals surface area (Å²) in [5, 5.41) is 3.21. The molecule has 4 heteroatoms. The van der Waals surface area contributed by atoms with Crippen LogP contribution < -0.4 is 5.32 Å². The predicted molar refractivity (Wildman–Crippen MR) is 84.7 cm³/mol. The second-order valence-electron chi connectivity index (χ2n) is 5.92. The minimum atomic E-state index is 0.294. The van der Waals surface area contributed by atoms with Crippen LogP contribution in [0.1, 0.15) is 61.0 Å². The summed E-state index contributed by atoms with van der Waals surface area (Å²) < 4.78 is 0. The first-order valence-corrected chi connectivity index (χ1v) is 7.68. The largest absolute Gasteiger partial charge is 0.373 e. The molecular weight excluding hydrogens is 260 g/mol. The van der Waals surface area contributed by atoms with Gasteiger partial charge in [-0.3, -0.25) is 4.98 Å². The number of rotatable bonds is 3. The maximum absolute atomic E-state index is 4.65. The van der Waals surface area contributed by atoms with Gasteiger partial charge in [0.1, 0.15) is 12.1 Å². The van der Waals surface area contributed by atoms with Gasteiger partial charge >= 0.3 is 0 Å². The van der Waals surface area contributed by atoms with Gasteiger partial charge in [0.25, 0.3) is 0 Å². The van der Waals surface area contributed by atoms with Crippen molar-refractivity contribution in [2.45, 2.75) is 44.9 Å². The molecule has 1 atom stereocenters. The maximum atomic E-state index is 4.65. The van der Waals surface area contributed by atoms with E-state index >= 15 is 0 Å². The summed E-state index contributed by atoms with van der Waals surface area (Å²) in [5.41, 5.74) is 4.94. The molecule has 0 aromatic carbocycles. The lowest BCUT2D eigenvalue weighted by Gasteiger charge is -2.27. The fourth-order valence-corrected chi connectivity index (χ4v) is 3.33.